The van der Waals surface area contributed by atoms with E-state index in [1.807, 2.05) is 42.5 Å². The third-order valence-electron chi connectivity index (χ3n) is 3.46. The molecule has 2 rings (SSSR count). The van der Waals surface area contributed by atoms with Gasteiger partial charge in [0.25, 0.3) is 0 Å². The van der Waals surface area contributed by atoms with Crippen LogP contribution in [0.5, 0.6) is 0 Å². The second-order valence-corrected chi connectivity index (χ2v) is 5.07. The molecule has 0 atom stereocenters. The zero-order chi connectivity index (χ0) is 15.8. The van der Waals surface area contributed by atoms with E-state index in [0.717, 1.165) is 12.1 Å². The van der Waals surface area contributed by atoms with Crippen LogP contribution in [0.25, 0.3) is 0 Å². The number of nitrogens with zero attached hydrogens (tertiary/aromatic N) is 1. The number of pyridine rings is 1. The Labute approximate surface area is 130 Å². The topological polar surface area (TPSA) is 59.1 Å². The first-order chi connectivity index (χ1) is 10.7. The highest BCUT2D eigenvalue weighted by Gasteiger charge is 2.09. The number of rotatable bonds is 7. The van der Waals surface area contributed by atoms with E-state index in [9.17, 15) is 9.59 Å². The molecule has 2 aromatic rings. The minimum absolute atomic E-state index is 0.00404. The minimum Gasteiger partial charge on any atom is -0.350 e. The summed E-state index contributed by atoms with van der Waals surface area (Å²) in [5, 5.41) is 2.77. The van der Waals surface area contributed by atoms with Crippen molar-refractivity contribution in [1.82, 2.24) is 10.3 Å². The number of aromatic nitrogens is 1. The zero-order valence-electron chi connectivity index (χ0n) is 12.7. The number of ketones is 1. The van der Waals surface area contributed by atoms with Gasteiger partial charge in [-0.1, -0.05) is 37.3 Å². The molecule has 0 saturated carbocycles. The molecule has 0 aliphatic heterocycles. The number of carbonyl (C=O) groups is 2. The molecule has 0 aliphatic carbocycles. The molecule has 1 amide bonds. The summed E-state index contributed by atoms with van der Waals surface area (Å²) >= 11 is 0. The molecule has 4 nitrogen and oxygen atoms in total. The van der Waals surface area contributed by atoms with E-state index in [-0.39, 0.29) is 24.5 Å². The molecule has 1 aromatic heterocycles. The number of Topliss-reactive ketones (excluding diaryl/α,β-unsaturated/α-hetero) is 1. The van der Waals surface area contributed by atoms with Gasteiger partial charge in [0, 0.05) is 24.6 Å². The second-order valence-electron chi connectivity index (χ2n) is 5.07. The van der Waals surface area contributed by atoms with E-state index >= 15 is 0 Å². The van der Waals surface area contributed by atoms with E-state index < -0.39 is 0 Å². The molecule has 1 aromatic carbocycles. The minimum atomic E-state index is -0.135. The number of aryl methyl sites for hydroxylation is 1. The first-order valence-corrected chi connectivity index (χ1v) is 7.47. The zero-order valence-corrected chi connectivity index (χ0v) is 12.7. The van der Waals surface area contributed by atoms with Crippen molar-refractivity contribution in [2.45, 2.75) is 32.7 Å². The predicted molar refractivity (Wildman–Crippen MR) is 85.5 cm³/mol. The van der Waals surface area contributed by atoms with Crippen molar-refractivity contribution < 1.29 is 9.59 Å². The fraction of sp³-hybridized carbons (Fsp3) is 0.278. The lowest BCUT2D eigenvalue weighted by atomic mass is 10.0. The Morgan fingerprint density at radius 3 is 2.45 bits per heavy atom. The van der Waals surface area contributed by atoms with Crippen LogP contribution in [0, 0.1) is 0 Å². The molecular weight excluding hydrogens is 276 g/mol. The average molecular weight is 296 g/mol. The van der Waals surface area contributed by atoms with Gasteiger partial charge in [-0.2, -0.15) is 0 Å². The molecule has 0 aliphatic rings. The molecule has 0 bridgehead atoms. The van der Waals surface area contributed by atoms with Gasteiger partial charge >= 0.3 is 0 Å². The van der Waals surface area contributed by atoms with Crippen molar-refractivity contribution in [2.75, 3.05) is 0 Å². The maximum absolute atomic E-state index is 12.0. The van der Waals surface area contributed by atoms with Gasteiger partial charge in [-0.05, 0) is 24.1 Å². The Bertz CT molecular complexity index is 621. The molecule has 114 valence electrons. The fourth-order valence-electron chi connectivity index (χ4n) is 2.08. The van der Waals surface area contributed by atoms with Crippen LogP contribution in [0.15, 0.2) is 48.7 Å². The lowest BCUT2D eigenvalue weighted by Gasteiger charge is -2.05. The average Bonchev–Trinajstić information content (AvgIpc) is 2.58. The summed E-state index contributed by atoms with van der Waals surface area (Å²) in [6.45, 7) is 2.46. The maximum atomic E-state index is 12.0. The Morgan fingerprint density at radius 1 is 1.05 bits per heavy atom. The first-order valence-electron chi connectivity index (χ1n) is 7.47. The number of carbonyl (C=O) groups excluding carboxylic acids is 2. The molecule has 0 fully saturated rings. The number of hydrogen-bond acceptors (Lipinski definition) is 3. The maximum Gasteiger partial charge on any atom is 0.220 e. The van der Waals surface area contributed by atoms with Crippen molar-refractivity contribution in [3.63, 3.8) is 0 Å². The van der Waals surface area contributed by atoms with Gasteiger partial charge in [0.05, 0.1) is 12.2 Å². The van der Waals surface area contributed by atoms with Gasteiger partial charge in [-0.15, -0.1) is 0 Å². The highest BCUT2D eigenvalue weighted by Crippen LogP contribution is 2.09. The third-order valence-corrected chi connectivity index (χ3v) is 3.46. The van der Waals surface area contributed by atoms with E-state index in [1.54, 1.807) is 6.20 Å². The third kappa shape index (κ3) is 4.81. The van der Waals surface area contributed by atoms with Gasteiger partial charge < -0.3 is 5.32 Å². The molecule has 0 radical (unpaired) electrons. The summed E-state index contributed by atoms with van der Waals surface area (Å²) in [6, 6.07) is 13.1. The molecule has 1 N–H and O–H groups in total. The van der Waals surface area contributed by atoms with Gasteiger partial charge in [0.1, 0.15) is 0 Å². The predicted octanol–water partition coefficient (Wildman–Crippen LogP) is 2.92. The van der Waals surface area contributed by atoms with Crippen LogP contribution in [0.3, 0.4) is 0 Å². The van der Waals surface area contributed by atoms with Crippen molar-refractivity contribution in [2.24, 2.45) is 0 Å². The van der Waals surface area contributed by atoms with Crippen molar-refractivity contribution in [1.29, 1.82) is 0 Å². The van der Waals surface area contributed by atoms with Crippen molar-refractivity contribution in [3.05, 3.63) is 65.5 Å². The van der Waals surface area contributed by atoms with E-state index in [1.165, 1.54) is 5.56 Å². The van der Waals surface area contributed by atoms with Crippen LogP contribution >= 0.6 is 0 Å². The van der Waals surface area contributed by atoms with E-state index in [4.69, 9.17) is 0 Å². The number of amides is 1. The quantitative estimate of drug-likeness (QED) is 0.799. The van der Waals surface area contributed by atoms with Crippen LogP contribution < -0.4 is 5.32 Å². The summed E-state index contributed by atoms with van der Waals surface area (Å²) in [4.78, 5) is 27.9. The van der Waals surface area contributed by atoms with Crippen LogP contribution in [-0.2, 0) is 17.8 Å². The standard InChI is InChI=1S/C18H20N2O2/c1-2-14-6-8-15(9-7-14)17(21)10-11-18(22)20-13-16-5-3-4-12-19-16/h3-9,12H,2,10-11,13H2,1H3,(H,20,22). The number of hydrogen-bond donors (Lipinski definition) is 1. The highest BCUT2D eigenvalue weighted by atomic mass is 16.2. The van der Waals surface area contributed by atoms with Gasteiger partial charge in [0.2, 0.25) is 5.91 Å². The normalized spacial score (nSPS) is 10.2. The Kier molecular flexibility index (Phi) is 5.83. The summed E-state index contributed by atoms with van der Waals surface area (Å²) in [6.07, 6.45) is 3.05. The van der Waals surface area contributed by atoms with Gasteiger partial charge in [-0.25, -0.2) is 0 Å². The highest BCUT2D eigenvalue weighted by molar-refractivity contribution is 5.97. The lowest BCUT2D eigenvalue weighted by molar-refractivity contribution is -0.121. The van der Waals surface area contributed by atoms with Crippen LogP contribution in [-0.4, -0.2) is 16.7 Å². The van der Waals surface area contributed by atoms with Crippen LogP contribution in [0.4, 0.5) is 0 Å². The number of benzene rings is 1. The monoisotopic (exact) mass is 296 g/mol. The van der Waals surface area contributed by atoms with E-state index in [0.29, 0.717) is 12.1 Å². The summed E-state index contributed by atoms with van der Waals surface area (Å²) < 4.78 is 0. The lowest BCUT2D eigenvalue weighted by Crippen LogP contribution is -2.23. The van der Waals surface area contributed by atoms with Gasteiger partial charge in [0.15, 0.2) is 5.78 Å². The molecule has 1 heterocycles. The molecule has 0 saturated heterocycles. The molecular formula is C18H20N2O2. The molecule has 4 heteroatoms. The fourth-order valence-corrected chi connectivity index (χ4v) is 2.08. The summed E-state index contributed by atoms with van der Waals surface area (Å²) in [7, 11) is 0. The first kappa shape index (κ1) is 15.9. The SMILES string of the molecule is CCc1ccc(C(=O)CCC(=O)NCc2ccccn2)cc1. The van der Waals surface area contributed by atoms with Crippen LogP contribution in [0.1, 0.15) is 41.4 Å². The number of nitrogens with one attached hydrogen (secondary N) is 1. The van der Waals surface area contributed by atoms with Crippen molar-refractivity contribution in [3.8, 4) is 0 Å². The van der Waals surface area contributed by atoms with Gasteiger partial charge in [-0.3, -0.25) is 14.6 Å². The molecule has 0 spiro atoms. The molecule has 0 unspecified atom stereocenters. The van der Waals surface area contributed by atoms with E-state index in [2.05, 4.69) is 17.2 Å². The summed E-state index contributed by atoms with van der Waals surface area (Å²) in [5.74, 6) is -0.139. The summed E-state index contributed by atoms with van der Waals surface area (Å²) in [5.41, 5.74) is 2.66. The van der Waals surface area contributed by atoms with Crippen LogP contribution in [0.2, 0.25) is 0 Å². The van der Waals surface area contributed by atoms with Crippen molar-refractivity contribution >= 4 is 11.7 Å². The largest absolute Gasteiger partial charge is 0.350 e. The molecule has 22 heavy (non-hydrogen) atoms. The smallest absolute Gasteiger partial charge is 0.220 e. The Balaban J connectivity index is 1.76. The second kappa shape index (κ2) is 8.08. The Morgan fingerprint density at radius 2 is 1.82 bits per heavy atom. The Hall–Kier alpha value is -2.49.